The molecule has 2 unspecified atom stereocenters. The van der Waals surface area contributed by atoms with Crippen LogP contribution in [0.2, 0.25) is 0 Å². The second kappa shape index (κ2) is 1.80. The summed E-state index contributed by atoms with van der Waals surface area (Å²) in [6.45, 7) is 3.03. The highest BCUT2D eigenvalue weighted by Gasteiger charge is 2.30. The van der Waals surface area contributed by atoms with E-state index >= 15 is 0 Å². The van der Waals surface area contributed by atoms with Crippen molar-refractivity contribution < 1.29 is 5.21 Å². The minimum absolute atomic E-state index is 0.505. The summed E-state index contributed by atoms with van der Waals surface area (Å²) in [6, 6.07) is 0.505. The molecule has 0 aromatic heterocycles. The molecule has 1 saturated heterocycles. The fraction of sp³-hybridized carbons (Fsp3) is 1.00. The topological polar surface area (TPSA) is 23.2 Å². The second-order valence-electron chi connectivity index (χ2n) is 2.06. The Morgan fingerprint density at radius 3 is 2.57 bits per heavy atom. The summed E-state index contributed by atoms with van der Waals surface area (Å²) in [7, 11) is 0. The number of hydroxylamine groups is 2. The molecule has 0 amide bonds. The summed E-state index contributed by atoms with van der Waals surface area (Å²) in [5, 5.41) is 9.97. The predicted molar refractivity (Wildman–Crippen MR) is 27.2 cm³/mol. The van der Waals surface area contributed by atoms with Crippen LogP contribution in [0.5, 0.6) is 0 Å². The van der Waals surface area contributed by atoms with Gasteiger partial charge in [-0.2, -0.15) is 5.06 Å². The van der Waals surface area contributed by atoms with Crippen molar-refractivity contribution in [2.45, 2.75) is 25.8 Å². The van der Waals surface area contributed by atoms with E-state index in [-0.39, 0.29) is 0 Å². The Kier molecular flexibility index (Phi) is 1.30. The fourth-order valence-corrected chi connectivity index (χ4v) is 0.742. The zero-order chi connectivity index (χ0) is 5.28. The average molecular weight is 101 g/mol. The van der Waals surface area contributed by atoms with E-state index in [1.165, 1.54) is 11.5 Å². The highest BCUT2D eigenvalue weighted by atomic mass is 16.5. The van der Waals surface area contributed by atoms with E-state index in [1.807, 2.05) is 0 Å². The molecule has 1 aliphatic heterocycles. The molecule has 0 spiro atoms. The van der Waals surface area contributed by atoms with Crippen LogP contribution in [-0.2, 0) is 0 Å². The Hall–Kier alpha value is -0.0800. The first-order chi connectivity index (χ1) is 3.34. The third-order valence-corrected chi connectivity index (χ3v) is 1.31. The normalized spacial score (nSPS) is 38.6. The van der Waals surface area contributed by atoms with Gasteiger partial charge in [-0.15, -0.1) is 0 Å². The molecule has 1 aliphatic rings. The number of hydrogen-bond donors (Lipinski definition) is 1. The summed E-state index contributed by atoms with van der Waals surface area (Å²) < 4.78 is 0. The Morgan fingerprint density at radius 2 is 2.43 bits per heavy atom. The highest BCUT2D eigenvalue weighted by Crippen LogP contribution is 2.17. The van der Waals surface area contributed by atoms with Crippen LogP contribution in [0.15, 0.2) is 0 Å². The van der Waals surface area contributed by atoms with Gasteiger partial charge >= 0.3 is 0 Å². The minimum atomic E-state index is 0.505. The molecule has 1 heterocycles. The standard InChI is InChI=1S/C5H11NO/c1-2-3-5-4-6(5)7/h5,7H,2-4H2,1H3. The average Bonchev–Trinajstić information content (AvgIpc) is 2.22. The third kappa shape index (κ3) is 1.14. The van der Waals surface area contributed by atoms with E-state index in [1.54, 1.807) is 0 Å². The van der Waals surface area contributed by atoms with Crippen LogP contribution in [0, 0.1) is 0 Å². The number of nitrogens with zero attached hydrogens (tertiary/aromatic N) is 1. The maximum Gasteiger partial charge on any atom is 0.0501 e. The van der Waals surface area contributed by atoms with E-state index in [9.17, 15) is 0 Å². The van der Waals surface area contributed by atoms with Gasteiger partial charge in [-0.05, 0) is 6.42 Å². The molecule has 7 heavy (non-hydrogen) atoms. The predicted octanol–water partition coefficient (Wildman–Crippen LogP) is 0.860. The summed E-state index contributed by atoms with van der Waals surface area (Å²) in [5.41, 5.74) is 0. The Labute approximate surface area is 43.7 Å². The molecule has 2 nitrogen and oxygen atoms in total. The Balaban J connectivity index is 1.98. The largest absolute Gasteiger partial charge is 0.314 e. The lowest BCUT2D eigenvalue weighted by Gasteiger charge is -1.87. The fourth-order valence-electron chi connectivity index (χ4n) is 0.742. The first-order valence-electron chi connectivity index (χ1n) is 2.80. The molecule has 2 atom stereocenters. The lowest BCUT2D eigenvalue weighted by atomic mass is 10.3. The summed E-state index contributed by atoms with van der Waals surface area (Å²) in [4.78, 5) is 0. The molecule has 0 aromatic carbocycles. The molecule has 0 radical (unpaired) electrons. The van der Waals surface area contributed by atoms with Gasteiger partial charge in [0.1, 0.15) is 0 Å². The Bertz CT molecular complexity index is 65.1. The van der Waals surface area contributed by atoms with Crippen LogP contribution in [0.25, 0.3) is 0 Å². The van der Waals surface area contributed by atoms with Gasteiger partial charge in [0.15, 0.2) is 0 Å². The van der Waals surface area contributed by atoms with Gasteiger partial charge in [0.25, 0.3) is 0 Å². The van der Waals surface area contributed by atoms with E-state index in [0.717, 1.165) is 13.0 Å². The van der Waals surface area contributed by atoms with E-state index < -0.39 is 0 Å². The first-order valence-corrected chi connectivity index (χ1v) is 2.80. The van der Waals surface area contributed by atoms with Crippen molar-refractivity contribution in [2.24, 2.45) is 0 Å². The molecule has 1 rings (SSSR count). The van der Waals surface area contributed by atoms with Crippen LogP contribution in [0.1, 0.15) is 19.8 Å². The van der Waals surface area contributed by atoms with Crippen molar-refractivity contribution in [3.63, 3.8) is 0 Å². The van der Waals surface area contributed by atoms with Crippen LogP contribution in [-0.4, -0.2) is 22.9 Å². The van der Waals surface area contributed by atoms with Gasteiger partial charge in [-0.3, -0.25) is 0 Å². The van der Waals surface area contributed by atoms with Crippen LogP contribution >= 0.6 is 0 Å². The monoisotopic (exact) mass is 101 g/mol. The number of hydrogen-bond acceptors (Lipinski definition) is 2. The minimum Gasteiger partial charge on any atom is -0.314 e. The molecular weight excluding hydrogens is 90.1 g/mol. The maximum atomic E-state index is 8.59. The molecular formula is C5H11NO. The van der Waals surface area contributed by atoms with Crippen molar-refractivity contribution in [1.29, 1.82) is 0 Å². The molecule has 0 aromatic rings. The molecule has 0 bridgehead atoms. The third-order valence-electron chi connectivity index (χ3n) is 1.31. The van der Waals surface area contributed by atoms with Gasteiger partial charge in [0, 0.05) is 6.54 Å². The maximum absolute atomic E-state index is 8.59. The van der Waals surface area contributed by atoms with Crippen molar-refractivity contribution in [3.8, 4) is 0 Å². The molecule has 1 N–H and O–H groups in total. The zero-order valence-corrected chi connectivity index (χ0v) is 4.59. The Morgan fingerprint density at radius 1 is 1.86 bits per heavy atom. The first kappa shape index (κ1) is 5.06. The molecule has 1 fully saturated rings. The van der Waals surface area contributed by atoms with Crippen LogP contribution in [0.3, 0.4) is 0 Å². The SMILES string of the molecule is CCCC1CN1O. The van der Waals surface area contributed by atoms with Crippen LogP contribution in [0.4, 0.5) is 0 Å². The summed E-state index contributed by atoms with van der Waals surface area (Å²) in [6.07, 6.45) is 2.33. The quantitative estimate of drug-likeness (QED) is 0.521. The van der Waals surface area contributed by atoms with Crippen LogP contribution < -0.4 is 0 Å². The lowest BCUT2D eigenvalue weighted by Crippen LogP contribution is -1.92. The van der Waals surface area contributed by atoms with E-state index in [2.05, 4.69) is 6.92 Å². The van der Waals surface area contributed by atoms with Crippen molar-refractivity contribution in [3.05, 3.63) is 0 Å². The van der Waals surface area contributed by atoms with Gasteiger partial charge in [-0.25, -0.2) is 0 Å². The summed E-state index contributed by atoms with van der Waals surface area (Å²) in [5.74, 6) is 0. The van der Waals surface area contributed by atoms with Crippen molar-refractivity contribution in [1.82, 2.24) is 5.06 Å². The van der Waals surface area contributed by atoms with Gasteiger partial charge < -0.3 is 5.21 Å². The van der Waals surface area contributed by atoms with Gasteiger partial charge in [0.05, 0.1) is 6.04 Å². The molecule has 0 aliphatic carbocycles. The second-order valence-corrected chi connectivity index (χ2v) is 2.06. The van der Waals surface area contributed by atoms with Gasteiger partial charge in [0.2, 0.25) is 0 Å². The van der Waals surface area contributed by atoms with Gasteiger partial charge in [-0.1, -0.05) is 13.3 Å². The molecule has 0 saturated carbocycles. The lowest BCUT2D eigenvalue weighted by molar-refractivity contribution is 0.0173. The van der Waals surface area contributed by atoms with E-state index in [0.29, 0.717) is 6.04 Å². The summed E-state index contributed by atoms with van der Waals surface area (Å²) >= 11 is 0. The van der Waals surface area contributed by atoms with Crippen molar-refractivity contribution in [2.75, 3.05) is 6.54 Å². The molecule has 2 heteroatoms. The smallest absolute Gasteiger partial charge is 0.0501 e. The zero-order valence-electron chi connectivity index (χ0n) is 4.59. The van der Waals surface area contributed by atoms with Crippen molar-refractivity contribution >= 4 is 0 Å². The number of rotatable bonds is 2. The highest BCUT2D eigenvalue weighted by molar-refractivity contribution is 4.80. The molecule has 42 valence electrons. The van der Waals surface area contributed by atoms with E-state index in [4.69, 9.17) is 5.21 Å².